The van der Waals surface area contributed by atoms with Crippen LogP contribution in [0.5, 0.6) is 0 Å². The highest BCUT2D eigenvalue weighted by molar-refractivity contribution is 7.98. The van der Waals surface area contributed by atoms with Gasteiger partial charge in [0.15, 0.2) is 5.16 Å². The lowest BCUT2D eigenvalue weighted by atomic mass is 10.2. The number of aromatic nitrogens is 4. The fourth-order valence-electron chi connectivity index (χ4n) is 1.82. The number of anilines is 1. The van der Waals surface area contributed by atoms with E-state index < -0.39 is 4.92 Å². The van der Waals surface area contributed by atoms with Gasteiger partial charge in [-0.2, -0.15) is 0 Å². The van der Waals surface area contributed by atoms with E-state index in [0.717, 1.165) is 5.69 Å². The number of nitro benzene ring substituents is 1. The molecule has 0 radical (unpaired) electrons. The minimum atomic E-state index is -0.450. The van der Waals surface area contributed by atoms with Crippen molar-refractivity contribution in [1.82, 2.24) is 19.7 Å². The van der Waals surface area contributed by atoms with Crippen LogP contribution in [0, 0.1) is 10.1 Å². The minimum absolute atomic E-state index is 0.0240. The molecule has 118 valence electrons. The number of rotatable bonds is 5. The smallest absolute Gasteiger partial charge is 0.269 e. The molecule has 0 aliphatic heterocycles. The summed E-state index contributed by atoms with van der Waals surface area (Å²) in [5.74, 6) is 1.30. The van der Waals surface area contributed by atoms with Crippen molar-refractivity contribution in [2.45, 2.75) is 10.9 Å². The number of hydrogen-bond donors (Lipinski definition) is 1. The Kier molecular flexibility index (Phi) is 3.98. The summed E-state index contributed by atoms with van der Waals surface area (Å²) in [7, 11) is 1.78. The van der Waals surface area contributed by atoms with Gasteiger partial charge in [-0.25, -0.2) is 4.98 Å². The normalized spacial score (nSPS) is 10.8. The van der Waals surface area contributed by atoms with E-state index in [2.05, 4.69) is 15.2 Å². The molecule has 0 fully saturated rings. The maximum atomic E-state index is 10.6. The summed E-state index contributed by atoms with van der Waals surface area (Å²) in [5.41, 5.74) is 7.04. The first-order valence-corrected chi connectivity index (χ1v) is 7.50. The highest BCUT2D eigenvalue weighted by Crippen LogP contribution is 2.25. The average molecular weight is 332 g/mol. The zero-order chi connectivity index (χ0) is 16.4. The largest absolute Gasteiger partial charge is 0.444 e. The molecule has 23 heavy (non-hydrogen) atoms. The second-order valence-corrected chi connectivity index (χ2v) is 5.58. The molecule has 2 N–H and O–H groups in total. The Hall–Kier alpha value is -2.88. The number of thioether (sulfide) groups is 1. The number of oxazole rings is 1. The zero-order valence-corrected chi connectivity index (χ0v) is 12.9. The molecule has 0 aliphatic rings. The van der Waals surface area contributed by atoms with Crippen molar-refractivity contribution in [2.24, 2.45) is 7.05 Å². The van der Waals surface area contributed by atoms with Crippen molar-refractivity contribution in [1.29, 1.82) is 0 Å². The third-order valence-corrected chi connectivity index (χ3v) is 4.15. The van der Waals surface area contributed by atoms with Crippen molar-refractivity contribution in [3.05, 3.63) is 46.3 Å². The summed E-state index contributed by atoms with van der Waals surface area (Å²) in [5, 5.41) is 19.1. The highest BCUT2D eigenvalue weighted by atomic mass is 32.2. The summed E-state index contributed by atoms with van der Waals surface area (Å²) in [4.78, 5) is 14.6. The van der Waals surface area contributed by atoms with Gasteiger partial charge >= 0.3 is 0 Å². The van der Waals surface area contributed by atoms with E-state index in [0.29, 0.717) is 28.3 Å². The Morgan fingerprint density at radius 2 is 2.09 bits per heavy atom. The van der Waals surface area contributed by atoms with Crippen LogP contribution < -0.4 is 5.73 Å². The maximum Gasteiger partial charge on any atom is 0.269 e. The average Bonchev–Trinajstić information content (AvgIpc) is 3.14. The third-order valence-electron chi connectivity index (χ3n) is 3.09. The standard InChI is InChI=1S/C13H12N6O3S/c1-18-12(14)16-17-13(18)23-7-9-6-22-11(15-9)8-2-4-10(5-3-8)19(20)21/h2-6H,7H2,1H3,(H2,14,16). The number of nitrogens with zero attached hydrogens (tertiary/aromatic N) is 5. The Morgan fingerprint density at radius 3 is 2.70 bits per heavy atom. The number of non-ortho nitro benzene ring substituents is 1. The van der Waals surface area contributed by atoms with Gasteiger partial charge in [-0.15, -0.1) is 10.2 Å². The van der Waals surface area contributed by atoms with Crippen LogP contribution in [-0.4, -0.2) is 24.7 Å². The molecule has 2 heterocycles. The van der Waals surface area contributed by atoms with E-state index in [1.165, 1.54) is 23.9 Å². The van der Waals surface area contributed by atoms with E-state index in [9.17, 15) is 10.1 Å². The van der Waals surface area contributed by atoms with Crippen LogP contribution in [0.3, 0.4) is 0 Å². The van der Waals surface area contributed by atoms with Gasteiger partial charge in [0.1, 0.15) is 6.26 Å². The van der Waals surface area contributed by atoms with Crippen LogP contribution in [0.1, 0.15) is 5.69 Å². The van der Waals surface area contributed by atoms with Crippen LogP contribution in [-0.2, 0) is 12.8 Å². The van der Waals surface area contributed by atoms with Gasteiger partial charge in [-0.1, -0.05) is 11.8 Å². The molecule has 0 unspecified atom stereocenters. The van der Waals surface area contributed by atoms with Crippen LogP contribution >= 0.6 is 11.8 Å². The van der Waals surface area contributed by atoms with E-state index in [4.69, 9.17) is 10.2 Å². The van der Waals surface area contributed by atoms with Crippen molar-refractivity contribution in [3.8, 4) is 11.5 Å². The first-order chi connectivity index (χ1) is 11.0. The molecule has 0 amide bonds. The molecule has 0 bridgehead atoms. The number of hydrogen-bond acceptors (Lipinski definition) is 8. The lowest BCUT2D eigenvalue weighted by Crippen LogP contribution is -1.98. The summed E-state index contributed by atoms with van der Waals surface area (Å²) >= 11 is 1.43. The van der Waals surface area contributed by atoms with E-state index >= 15 is 0 Å². The number of nitrogens with two attached hydrogens (primary N) is 1. The molecule has 0 aliphatic carbocycles. The third kappa shape index (κ3) is 3.16. The van der Waals surface area contributed by atoms with E-state index in [1.807, 2.05) is 0 Å². The van der Waals surface area contributed by atoms with Gasteiger partial charge < -0.3 is 10.2 Å². The van der Waals surface area contributed by atoms with Crippen LogP contribution in [0.25, 0.3) is 11.5 Å². The zero-order valence-electron chi connectivity index (χ0n) is 12.0. The monoisotopic (exact) mass is 332 g/mol. The SMILES string of the molecule is Cn1c(N)nnc1SCc1coc(-c2ccc([N+](=O)[O-])cc2)n1. The maximum absolute atomic E-state index is 10.6. The Labute approximate surface area is 134 Å². The Bertz CT molecular complexity index is 842. The van der Waals surface area contributed by atoms with Crippen molar-refractivity contribution < 1.29 is 9.34 Å². The Balaban J connectivity index is 1.70. The molecule has 0 spiro atoms. The van der Waals surface area contributed by atoms with E-state index in [-0.39, 0.29) is 5.69 Å². The van der Waals surface area contributed by atoms with Crippen LogP contribution in [0.4, 0.5) is 11.6 Å². The molecule has 3 rings (SSSR count). The first-order valence-electron chi connectivity index (χ1n) is 6.51. The van der Waals surface area contributed by atoms with Gasteiger partial charge in [0.25, 0.3) is 5.69 Å². The van der Waals surface area contributed by atoms with Gasteiger partial charge in [0, 0.05) is 30.5 Å². The summed E-state index contributed by atoms with van der Waals surface area (Å²) in [6.07, 6.45) is 1.55. The summed E-state index contributed by atoms with van der Waals surface area (Å²) in [6.45, 7) is 0. The second kappa shape index (κ2) is 6.08. The second-order valence-electron chi connectivity index (χ2n) is 4.64. The van der Waals surface area contributed by atoms with Crippen molar-refractivity contribution >= 4 is 23.4 Å². The molecular formula is C13H12N6O3S. The highest BCUT2D eigenvalue weighted by Gasteiger charge is 2.12. The van der Waals surface area contributed by atoms with Gasteiger partial charge in [0.2, 0.25) is 11.8 Å². The molecule has 0 saturated heterocycles. The molecule has 9 nitrogen and oxygen atoms in total. The van der Waals surface area contributed by atoms with Gasteiger partial charge in [0.05, 0.1) is 10.6 Å². The lowest BCUT2D eigenvalue weighted by molar-refractivity contribution is -0.384. The summed E-state index contributed by atoms with van der Waals surface area (Å²) in [6, 6.07) is 6.03. The minimum Gasteiger partial charge on any atom is -0.444 e. The topological polar surface area (TPSA) is 126 Å². The molecule has 1 aromatic carbocycles. The van der Waals surface area contributed by atoms with Crippen molar-refractivity contribution in [2.75, 3.05) is 5.73 Å². The first kappa shape index (κ1) is 15.0. The molecule has 0 atom stereocenters. The summed E-state index contributed by atoms with van der Waals surface area (Å²) < 4.78 is 7.10. The molecular weight excluding hydrogens is 320 g/mol. The number of nitrogen functional groups attached to an aromatic ring is 1. The van der Waals surface area contributed by atoms with Crippen molar-refractivity contribution in [3.63, 3.8) is 0 Å². The molecule has 2 aromatic heterocycles. The molecule has 3 aromatic rings. The predicted molar refractivity (Wildman–Crippen MR) is 83.6 cm³/mol. The van der Waals surface area contributed by atoms with Crippen LogP contribution in [0.2, 0.25) is 0 Å². The van der Waals surface area contributed by atoms with Gasteiger partial charge in [-0.3, -0.25) is 14.7 Å². The number of benzene rings is 1. The lowest BCUT2D eigenvalue weighted by Gasteiger charge is -1.98. The quantitative estimate of drug-likeness (QED) is 0.428. The Morgan fingerprint density at radius 1 is 1.35 bits per heavy atom. The van der Waals surface area contributed by atoms with Gasteiger partial charge in [-0.05, 0) is 12.1 Å². The molecule has 0 saturated carbocycles. The fourth-order valence-corrected chi connectivity index (χ4v) is 2.62. The number of nitro groups is 1. The van der Waals surface area contributed by atoms with Crippen LogP contribution in [0.15, 0.2) is 40.1 Å². The fraction of sp³-hybridized carbons (Fsp3) is 0.154. The molecule has 10 heteroatoms. The van der Waals surface area contributed by atoms with E-state index in [1.54, 1.807) is 30.0 Å². The predicted octanol–water partition coefficient (Wildman–Crippen LogP) is 2.25.